The SMILES string of the molecule is CC(C)C(=O)OCOC(=O)O[C@H]1CC[C@@]2(C)C(=CC[C@@H]3[C@@H]2CC[C@]2(C)C(c4cccnc4)=CC[C@@H]32)C1. The third-order valence-corrected chi connectivity index (χ3v) is 9.72. The maximum atomic E-state index is 12.2. The fourth-order valence-corrected chi connectivity index (χ4v) is 7.74. The van der Waals surface area contributed by atoms with Gasteiger partial charge in [-0.2, -0.15) is 0 Å². The smallest absolute Gasteiger partial charge is 0.431 e. The van der Waals surface area contributed by atoms with Gasteiger partial charge in [-0.3, -0.25) is 9.78 Å². The van der Waals surface area contributed by atoms with E-state index >= 15 is 0 Å². The number of fused-ring (bicyclic) bond motifs is 5. The van der Waals surface area contributed by atoms with Crippen molar-refractivity contribution in [2.24, 2.45) is 34.5 Å². The van der Waals surface area contributed by atoms with Crippen LogP contribution in [0, 0.1) is 34.5 Å². The van der Waals surface area contributed by atoms with Crippen molar-refractivity contribution in [2.45, 2.75) is 78.7 Å². The van der Waals surface area contributed by atoms with E-state index < -0.39 is 18.9 Å². The number of hydrogen-bond donors (Lipinski definition) is 0. The Morgan fingerprint density at radius 2 is 1.86 bits per heavy atom. The Labute approximate surface area is 214 Å². The molecule has 0 spiro atoms. The van der Waals surface area contributed by atoms with Crippen LogP contribution in [0.25, 0.3) is 5.57 Å². The summed E-state index contributed by atoms with van der Waals surface area (Å²) < 4.78 is 15.5. The van der Waals surface area contributed by atoms with Crippen LogP contribution in [0.4, 0.5) is 4.79 Å². The summed E-state index contributed by atoms with van der Waals surface area (Å²) in [5, 5.41) is 0. The van der Waals surface area contributed by atoms with Crippen molar-refractivity contribution in [3.63, 3.8) is 0 Å². The number of pyridine rings is 1. The molecule has 0 saturated heterocycles. The van der Waals surface area contributed by atoms with Crippen LogP contribution in [-0.4, -0.2) is 30.0 Å². The first-order chi connectivity index (χ1) is 17.2. The molecule has 0 radical (unpaired) electrons. The topological polar surface area (TPSA) is 74.7 Å². The van der Waals surface area contributed by atoms with Gasteiger partial charge in [0, 0.05) is 18.8 Å². The maximum Gasteiger partial charge on any atom is 0.511 e. The Morgan fingerprint density at radius 3 is 2.61 bits per heavy atom. The second-order valence-electron chi connectivity index (χ2n) is 11.9. The number of carbonyl (C=O) groups is 2. The molecule has 6 heteroatoms. The summed E-state index contributed by atoms with van der Waals surface area (Å²) in [7, 11) is 0. The summed E-state index contributed by atoms with van der Waals surface area (Å²) in [5.41, 5.74) is 4.60. The van der Waals surface area contributed by atoms with E-state index in [2.05, 4.69) is 37.0 Å². The zero-order valence-electron chi connectivity index (χ0n) is 22.0. The molecule has 1 aromatic rings. The van der Waals surface area contributed by atoms with Crippen LogP contribution in [0.2, 0.25) is 0 Å². The molecular weight excluding hydrogens is 454 g/mol. The van der Waals surface area contributed by atoms with Gasteiger partial charge in [-0.1, -0.05) is 51.5 Å². The molecule has 0 aromatic carbocycles. The quantitative estimate of drug-likeness (QED) is 0.258. The molecule has 2 fully saturated rings. The highest BCUT2D eigenvalue weighted by molar-refractivity contribution is 5.72. The summed E-state index contributed by atoms with van der Waals surface area (Å²) in [5.74, 6) is 1.36. The first-order valence-electron chi connectivity index (χ1n) is 13.5. The molecule has 194 valence electrons. The molecule has 0 N–H and O–H groups in total. The van der Waals surface area contributed by atoms with Crippen molar-refractivity contribution >= 4 is 17.7 Å². The minimum absolute atomic E-state index is 0.165. The highest BCUT2D eigenvalue weighted by atomic mass is 16.8. The Hall–Kier alpha value is -2.63. The molecule has 6 atom stereocenters. The maximum absolute atomic E-state index is 12.2. The molecule has 0 unspecified atom stereocenters. The molecule has 0 amide bonds. The molecule has 4 aliphatic carbocycles. The predicted molar refractivity (Wildman–Crippen MR) is 136 cm³/mol. The Bertz CT molecular complexity index is 1060. The first kappa shape index (κ1) is 25.0. The molecule has 0 bridgehead atoms. The van der Waals surface area contributed by atoms with Crippen LogP contribution in [0.5, 0.6) is 0 Å². The molecule has 1 heterocycles. The number of rotatable bonds is 5. The fourth-order valence-electron chi connectivity index (χ4n) is 7.74. The minimum atomic E-state index is -0.761. The van der Waals surface area contributed by atoms with E-state index in [-0.39, 0.29) is 22.9 Å². The molecule has 2 saturated carbocycles. The van der Waals surface area contributed by atoms with E-state index in [1.807, 2.05) is 18.5 Å². The van der Waals surface area contributed by atoms with E-state index in [0.29, 0.717) is 17.8 Å². The molecule has 0 aliphatic heterocycles. The Kier molecular flexibility index (Phi) is 6.73. The number of aromatic nitrogens is 1. The van der Waals surface area contributed by atoms with Crippen molar-refractivity contribution < 1.29 is 23.8 Å². The highest BCUT2D eigenvalue weighted by Crippen LogP contribution is 2.66. The van der Waals surface area contributed by atoms with Crippen LogP contribution in [0.15, 0.2) is 42.3 Å². The summed E-state index contributed by atoms with van der Waals surface area (Å²) in [6.07, 6.45) is 15.2. The first-order valence-corrected chi connectivity index (χ1v) is 13.5. The fraction of sp³-hybridized carbons (Fsp3) is 0.633. The van der Waals surface area contributed by atoms with Crippen LogP contribution in [-0.2, 0) is 19.0 Å². The number of esters is 1. The van der Waals surface area contributed by atoms with Gasteiger partial charge in [-0.05, 0) is 84.3 Å². The van der Waals surface area contributed by atoms with Gasteiger partial charge in [-0.25, -0.2) is 4.79 Å². The second-order valence-corrected chi connectivity index (χ2v) is 11.9. The number of nitrogens with zero attached hydrogens (tertiary/aromatic N) is 1. The summed E-state index contributed by atoms with van der Waals surface area (Å²) >= 11 is 0. The van der Waals surface area contributed by atoms with Crippen LogP contribution in [0.1, 0.15) is 78.2 Å². The van der Waals surface area contributed by atoms with Gasteiger partial charge in [0.25, 0.3) is 0 Å². The van der Waals surface area contributed by atoms with E-state index in [1.165, 1.54) is 29.6 Å². The normalized spacial score (nSPS) is 35.0. The van der Waals surface area contributed by atoms with Gasteiger partial charge in [0.1, 0.15) is 6.10 Å². The molecule has 1 aromatic heterocycles. The molecule has 6 nitrogen and oxygen atoms in total. The second kappa shape index (κ2) is 9.68. The summed E-state index contributed by atoms with van der Waals surface area (Å²) in [6, 6.07) is 4.25. The lowest BCUT2D eigenvalue weighted by atomic mass is 9.47. The minimum Gasteiger partial charge on any atom is -0.431 e. The van der Waals surface area contributed by atoms with Crippen LogP contribution in [0.3, 0.4) is 0 Å². The lowest BCUT2D eigenvalue weighted by Gasteiger charge is -2.57. The van der Waals surface area contributed by atoms with Gasteiger partial charge in [-0.15, -0.1) is 0 Å². The summed E-state index contributed by atoms with van der Waals surface area (Å²) in [4.78, 5) is 28.1. The average Bonchev–Trinajstić information content (AvgIpc) is 3.22. The molecular formula is C30H39NO5. The average molecular weight is 494 g/mol. The van der Waals surface area contributed by atoms with Crippen molar-refractivity contribution in [3.05, 3.63) is 47.8 Å². The van der Waals surface area contributed by atoms with Gasteiger partial charge in [0.2, 0.25) is 6.79 Å². The van der Waals surface area contributed by atoms with Crippen LogP contribution < -0.4 is 0 Å². The van der Waals surface area contributed by atoms with Crippen molar-refractivity contribution in [2.75, 3.05) is 6.79 Å². The van der Waals surface area contributed by atoms with Crippen LogP contribution >= 0.6 is 0 Å². The number of hydrogen-bond acceptors (Lipinski definition) is 6. The standard InChI is InChI=1S/C30H39NO5/c1-19(2)27(32)34-18-35-28(33)36-22-11-13-29(3)21(16-22)7-8-23-25-10-9-24(20-6-5-15-31-17-20)30(25,4)14-12-26(23)29/h5-7,9,15,17,19,22-23,25-26H,8,10-14,16,18H2,1-4H3/t22-,23-,25-,26-,29-,30+/m0/s1. The Morgan fingerprint density at radius 1 is 1.06 bits per heavy atom. The number of allylic oxidation sites excluding steroid dienone is 3. The zero-order valence-corrected chi connectivity index (χ0v) is 22.0. The molecule has 4 aliphatic rings. The van der Waals surface area contributed by atoms with Crippen molar-refractivity contribution in [3.8, 4) is 0 Å². The number of ether oxygens (including phenoxy) is 3. The van der Waals surface area contributed by atoms with E-state index in [4.69, 9.17) is 14.2 Å². The largest absolute Gasteiger partial charge is 0.511 e. The number of carbonyl (C=O) groups excluding carboxylic acids is 2. The highest BCUT2D eigenvalue weighted by Gasteiger charge is 2.57. The lowest BCUT2D eigenvalue weighted by molar-refractivity contribution is -0.157. The molecule has 36 heavy (non-hydrogen) atoms. The van der Waals surface area contributed by atoms with E-state index in [9.17, 15) is 9.59 Å². The van der Waals surface area contributed by atoms with Gasteiger partial charge in [0.15, 0.2) is 0 Å². The molecule has 5 rings (SSSR count). The van der Waals surface area contributed by atoms with Gasteiger partial charge >= 0.3 is 12.1 Å². The third-order valence-electron chi connectivity index (χ3n) is 9.72. The lowest BCUT2D eigenvalue weighted by Crippen LogP contribution is -2.50. The van der Waals surface area contributed by atoms with Gasteiger partial charge in [0.05, 0.1) is 5.92 Å². The van der Waals surface area contributed by atoms with Gasteiger partial charge < -0.3 is 14.2 Å². The summed E-state index contributed by atoms with van der Waals surface area (Å²) in [6.45, 7) is 8.00. The predicted octanol–water partition coefficient (Wildman–Crippen LogP) is 6.72. The monoisotopic (exact) mass is 493 g/mol. The van der Waals surface area contributed by atoms with Crippen molar-refractivity contribution in [1.29, 1.82) is 0 Å². The Balaban J connectivity index is 1.22. The zero-order chi connectivity index (χ0) is 25.5. The van der Waals surface area contributed by atoms with E-state index in [0.717, 1.165) is 32.1 Å². The van der Waals surface area contributed by atoms with E-state index in [1.54, 1.807) is 13.8 Å². The van der Waals surface area contributed by atoms with Crippen molar-refractivity contribution in [1.82, 2.24) is 4.98 Å². The third kappa shape index (κ3) is 4.37.